The van der Waals surface area contributed by atoms with E-state index in [2.05, 4.69) is 33.9 Å². The van der Waals surface area contributed by atoms with Gasteiger partial charge in [0, 0.05) is 43.4 Å². The topological polar surface area (TPSA) is 142 Å². The molecule has 1 aromatic rings. The van der Waals surface area contributed by atoms with Crippen LogP contribution in [0.1, 0.15) is 38.7 Å². The number of hydrogen-bond acceptors (Lipinski definition) is 6. The fourth-order valence-corrected chi connectivity index (χ4v) is 2.81. The first kappa shape index (κ1) is 28.2. The van der Waals surface area contributed by atoms with Gasteiger partial charge in [0.1, 0.15) is 11.6 Å². The van der Waals surface area contributed by atoms with Crippen molar-refractivity contribution in [2.75, 3.05) is 26.5 Å². The Balaban J connectivity index is 0.00000133. The largest absolute Gasteiger partial charge is 0.494 e. The van der Waals surface area contributed by atoms with Crippen molar-refractivity contribution in [2.24, 2.45) is 16.6 Å². The summed E-state index contributed by atoms with van der Waals surface area (Å²) < 4.78 is 5.70. The van der Waals surface area contributed by atoms with Gasteiger partial charge in [-0.15, -0.1) is 0 Å². The summed E-state index contributed by atoms with van der Waals surface area (Å²) in [5.74, 6) is 0.517. The zero-order valence-electron chi connectivity index (χ0n) is 20.6. The molecule has 0 saturated heterocycles. The average molecular weight is 469 g/mol. The maximum atomic E-state index is 11.9. The van der Waals surface area contributed by atoms with E-state index in [9.17, 15) is 4.79 Å². The average Bonchev–Trinajstić information content (AvgIpc) is 3.67. The van der Waals surface area contributed by atoms with Crippen molar-refractivity contribution in [3.8, 4) is 5.75 Å². The summed E-state index contributed by atoms with van der Waals surface area (Å²) in [5, 5.41) is 16.6. The second-order valence-electron chi connectivity index (χ2n) is 7.45. The molecule has 1 aromatic carbocycles. The summed E-state index contributed by atoms with van der Waals surface area (Å²) in [5.41, 5.74) is 9.18. The van der Waals surface area contributed by atoms with Crippen molar-refractivity contribution in [3.63, 3.8) is 0 Å². The molecule has 1 aliphatic rings. The number of amidine groups is 1. The lowest BCUT2D eigenvalue weighted by molar-refractivity contribution is -0.118. The molecule has 2 amide bonds. The first-order valence-electron chi connectivity index (χ1n) is 11.1. The van der Waals surface area contributed by atoms with Crippen molar-refractivity contribution in [1.29, 1.82) is 5.41 Å². The minimum absolute atomic E-state index is 0.000211. The lowest BCUT2D eigenvalue weighted by atomic mass is 10.0. The number of hydrogen-bond donors (Lipinski definition) is 5. The van der Waals surface area contributed by atoms with Crippen LogP contribution in [0, 0.1) is 11.3 Å². The highest BCUT2D eigenvalue weighted by atomic mass is 16.5. The Morgan fingerprint density at radius 2 is 1.97 bits per heavy atom. The van der Waals surface area contributed by atoms with Crippen LogP contribution in [0.4, 0.5) is 5.69 Å². The summed E-state index contributed by atoms with van der Waals surface area (Å²) in [7, 11) is 5.01. The Bertz CT molecular complexity index is 975. The summed E-state index contributed by atoms with van der Waals surface area (Å²) in [6.45, 7) is 3.72. The zero-order chi connectivity index (χ0) is 25.5. The number of nitrogens with zero attached hydrogens (tertiary/aromatic N) is 1. The molecule has 2 rings (SSSR count). The Morgan fingerprint density at radius 1 is 1.29 bits per heavy atom. The van der Waals surface area contributed by atoms with Gasteiger partial charge >= 0.3 is 0 Å². The van der Waals surface area contributed by atoms with Crippen LogP contribution in [0.25, 0.3) is 5.57 Å². The van der Waals surface area contributed by atoms with Crippen LogP contribution in [0.5, 0.6) is 5.75 Å². The molecule has 0 spiro atoms. The van der Waals surface area contributed by atoms with E-state index in [1.54, 1.807) is 21.1 Å². The number of anilines is 1. The smallest absolute Gasteiger partial charge is 0.250 e. The molecule has 34 heavy (non-hydrogen) atoms. The van der Waals surface area contributed by atoms with Gasteiger partial charge < -0.3 is 31.8 Å². The summed E-state index contributed by atoms with van der Waals surface area (Å²) >= 11 is 0. The lowest BCUT2D eigenvalue weighted by Crippen LogP contribution is -2.17. The Morgan fingerprint density at radius 3 is 2.47 bits per heavy atom. The van der Waals surface area contributed by atoms with Crippen LogP contribution < -0.4 is 26.4 Å². The van der Waals surface area contributed by atoms with Gasteiger partial charge in [-0.1, -0.05) is 31.2 Å². The van der Waals surface area contributed by atoms with Crippen LogP contribution in [0.3, 0.4) is 0 Å². The monoisotopic (exact) mass is 468 g/mol. The molecule has 1 aliphatic carbocycles. The van der Waals surface area contributed by atoms with Gasteiger partial charge in [0.2, 0.25) is 6.41 Å². The maximum Gasteiger partial charge on any atom is 0.250 e. The van der Waals surface area contributed by atoms with Crippen LogP contribution in [-0.4, -0.2) is 45.1 Å². The van der Waals surface area contributed by atoms with E-state index >= 15 is 0 Å². The molecule has 9 nitrogen and oxygen atoms in total. The number of ether oxygens (including phenoxy) is 1. The van der Waals surface area contributed by atoms with Gasteiger partial charge in [0.05, 0.1) is 24.2 Å². The molecule has 0 aliphatic heterocycles. The molecule has 9 heteroatoms. The van der Waals surface area contributed by atoms with E-state index in [1.165, 1.54) is 6.08 Å². The molecular formula is C25H36N6O3. The van der Waals surface area contributed by atoms with Crippen molar-refractivity contribution in [2.45, 2.75) is 33.1 Å². The van der Waals surface area contributed by atoms with Crippen molar-refractivity contribution >= 4 is 35.1 Å². The van der Waals surface area contributed by atoms with Gasteiger partial charge in [-0.25, -0.2) is 0 Å². The van der Waals surface area contributed by atoms with Gasteiger partial charge in [-0.05, 0) is 32.3 Å². The fourth-order valence-electron chi connectivity index (χ4n) is 2.81. The van der Waals surface area contributed by atoms with Gasteiger partial charge in [-0.3, -0.25) is 9.59 Å². The maximum absolute atomic E-state index is 11.9. The number of benzene rings is 1. The van der Waals surface area contributed by atoms with E-state index < -0.39 is 0 Å². The number of allylic oxidation sites excluding steroid dienone is 4. The molecule has 1 saturated carbocycles. The van der Waals surface area contributed by atoms with Crippen LogP contribution in [0.15, 0.2) is 53.3 Å². The van der Waals surface area contributed by atoms with E-state index in [-0.39, 0.29) is 23.4 Å². The third-order valence-electron chi connectivity index (χ3n) is 4.61. The van der Waals surface area contributed by atoms with Crippen LogP contribution in [-0.2, 0) is 9.59 Å². The van der Waals surface area contributed by atoms with Crippen LogP contribution in [0.2, 0.25) is 0 Å². The molecule has 0 bridgehead atoms. The van der Waals surface area contributed by atoms with Crippen molar-refractivity contribution in [3.05, 3.63) is 53.9 Å². The highest BCUT2D eigenvalue weighted by molar-refractivity contribution is 6.08. The minimum atomic E-state index is -0.199. The molecular weight excluding hydrogens is 432 g/mol. The lowest BCUT2D eigenvalue weighted by Gasteiger charge is -2.17. The number of nitrogens with one attached hydrogen (secondary N) is 4. The number of carbonyl (C=O) groups is 2. The van der Waals surface area contributed by atoms with Gasteiger partial charge in [0.15, 0.2) is 0 Å². The van der Waals surface area contributed by atoms with Crippen molar-refractivity contribution in [1.82, 2.24) is 10.6 Å². The first-order valence-corrected chi connectivity index (χ1v) is 11.1. The number of rotatable bonds is 11. The van der Waals surface area contributed by atoms with E-state index in [4.69, 9.17) is 20.7 Å². The van der Waals surface area contributed by atoms with E-state index in [0.29, 0.717) is 23.5 Å². The number of para-hydroxylation sites is 1. The Kier molecular flexibility index (Phi) is 12.5. The molecule has 1 fully saturated rings. The molecule has 0 atom stereocenters. The molecule has 184 valence electrons. The SMILES string of the molecule is CC/C=C\C(=C/NC)c1cccc(N/C(=C/C(N)=NC(=O)C2CC2)C(C)=N)c1OC.CNC=O. The summed E-state index contributed by atoms with van der Waals surface area (Å²) in [6.07, 6.45) is 10.8. The van der Waals surface area contributed by atoms with E-state index in [1.807, 2.05) is 37.5 Å². The highest BCUT2D eigenvalue weighted by Gasteiger charge is 2.29. The second kappa shape index (κ2) is 15.0. The molecule has 6 N–H and O–H groups in total. The number of methoxy groups -OCH3 is 1. The second-order valence-corrected chi connectivity index (χ2v) is 7.45. The minimum Gasteiger partial charge on any atom is -0.494 e. The predicted octanol–water partition coefficient (Wildman–Crippen LogP) is 3.21. The number of amides is 2. The molecule has 0 unspecified atom stereocenters. The van der Waals surface area contributed by atoms with Gasteiger partial charge in [-0.2, -0.15) is 4.99 Å². The van der Waals surface area contributed by atoms with Gasteiger partial charge in [0.25, 0.3) is 5.91 Å². The third kappa shape index (κ3) is 9.32. The number of aliphatic imine (C=N–C) groups is 1. The first-order chi connectivity index (χ1) is 16.3. The summed E-state index contributed by atoms with van der Waals surface area (Å²) in [6, 6.07) is 5.74. The fraction of sp³-hybridized carbons (Fsp3) is 0.360. The normalized spacial score (nSPS) is 14.1. The standard InChI is InChI=1S/C23H31N5O2.C2H5NO/c1-5-6-8-17(14-26-3)18-9-7-10-19(22(18)30-4)27-20(15(2)24)13-21(25)28-23(29)16-11-12-16;1-3-2-4/h6-10,13-14,16,24,26-27H,5,11-12H2,1-4H3,(H2,25,28,29);2H,1H3,(H,3,4)/b8-6-,17-14+,20-13+,24-15?;. The third-order valence-corrected chi connectivity index (χ3v) is 4.61. The predicted molar refractivity (Wildman–Crippen MR) is 139 cm³/mol. The number of carbonyl (C=O) groups excluding carboxylic acids is 2. The highest BCUT2D eigenvalue weighted by Crippen LogP contribution is 2.35. The quantitative estimate of drug-likeness (QED) is 0.146. The number of nitrogens with two attached hydrogens (primary N) is 1. The summed E-state index contributed by atoms with van der Waals surface area (Å²) in [4.78, 5) is 24.9. The Hall–Kier alpha value is -3.88. The van der Waals surface area contributed by atoms with Crippen LogP contribution >= 0.6 is 0 Å². The molecule has 0 heterocycles. The molecule has 0 aromatic heterocycles. The Labute approximate surface area is 201 Å². The molecule has 0 radical (unpaired) electrons. The van der Waals surface area contributed by atoms with E-state index in [0.717, 1.165) is 30.4 Å². The zero-order valence-corrected chi connectivity index (χ0v) is 20.6. The van der Waals surface area contributed by atoms with Crippen molar-refractivity contribution < 1.29 is 14.3 Å².